The summed E-state index contributed by atoms with van der Waals surface area (Å²) in [5.74, 6) is 0.830. The molecule has 0 aliphatic heterocycles. The molecule has 1 aliphatic rings. The van der Waals surface area contributed by atoms with Crippen LogP contribution in [0.3, 0.4) is 0 Å². The summed E-state index contributed by atoms with van der Waals surface area (Å²) < 4.78 is 0. The zero-order valence-corrected chi connectivity index (χ0v) is 11.2. The highest BCUT2D eigenvalue weighted by molar-refractivity contribution is 7.09. The molecule has 2 N–H and O–H groups in total. The molecule has 0 saturated heterocycles. The third-order valence-corrected chi connectivity index (χ3v) is 4.58. The molecule has 2 rings (SSSR count). The maximum atomic E-state index is 9.43. The zero-order valence-electron chi connectivity index (χ0n) is 10.4. The molecule has 1 aliphatic carbocycles. The molecule has 3 heteroatoms. The fourth-order valence-electron chi connectivity index (χ4n) is 2.71. The predicted molar refractivity (Wildman–Crippen MR) is 73.2 cm³/mol. The first-order valence-electron chi connectivity index (χ1n) is 6.75. The van der Waals surface area contributed by atoms with Crippen molar-refractivity contribution >= 4 is 11.3 Å². The van der Waals surface area contributed by atoms with E-state index in [1.807, 2.05) is 0 Å². The van der Waals surface area contributed by atoms with Crippen LogP contribution in [0.25, 0.3) is 0 Å². The Morgan fingerprint density at radius 3 is 2.82 bits per heavy atom. The standard InChI is InChI=1S/C14H23NOS/c16-11-13(9-12-5-2-1-3-6-12)15-10-14-7-4-8-17-14/h4,7-8,12-13,15-16H,1-3,5-6,9-11H2. The van der Waals surface area contributed by atoms with Gasteiger partial charge in [-0.05, 0) is 23.8 Å². The maximum Gasteiger partial charge on any atom is 0.0584 e. The largest absolute Gasteiger partial charge is 0.395 e. The Kier molecular flexibility index (Phi) is 5.49. The van der Waals surface area contributed by atoms with Gasteiger partial charge in [0.1, 0.15) is 0 Å². The number of rotatable bonds is 6. The quantitative estimate of drug-likeness (QED) is 0.816. The number of aliphatic hydroxyl groups is 1. The summed E-state index contributed by atoms with van der Waals surface area (Å²) in [4.78, 5) is 1.35. The molecule has 0 amide bonds. The van der Waals surface area contributed by atoms with E-state index < -0.39 is 0 Å². The lowest BCUT2D eigenvalue weighted by Gasteiger charge is -2.26. The second kappa shape index (κ2) is 7.14. The molecule has 96 valence electrons. The maximum absolute atomic E-state index is 9.43. The van der Waals surface area contributed by atoms with Crippen molar-refractivity contribution in [2.24, 2.45) is 5.92 Å². The van der Waals surface area contributed by atoms with Gasteiger partial charge in [-0.1, -0.05) is 38.2 Å². The third kappa shape index (κ3) is 4.41. The minimum atomic E-state index is 0.266. The van der Waals surface area contributed by atoms with Gasteiger partial charge in [-0.25, -0.2) is 0 Å². The van der Waals surface area contributed by atoms with E-state index in [-0.39, 0.29) is 12.6 Å². The van der Waals surface area contributed by atoms with Gasteiger partial charge in [-0.15, -0.1) is 11.3 Å². The molecule has 1 unspecified atom stereocenters. The monoisotopic (exact) mass is 253 g/mol. The van der Waals surface area contributed by atoms with Gasteiger partial charge < -0.3 is 10.4 Å². The summed E-state index contributed by atoms with van der Waals surface area (Å²) in [5.41, 5.74) is 0. The third-order valence-electron chi connectivity index (χ3n) is 3.71. The van der Waals surface area contributed by atoms with Crippen molar-refractivity contribution in [3.8, 4) is 0 Å². The molecule has 1 aromatic heterocycles. The Labute approximate surface area is 108 Å². The van der Waals surface area contributed by atoms with E-state index in [1.54, 1.807) is 11.3 Å². The van der Waals surface area contributed by atoms with Crippen LogP contribution >= 0.6 is 11.3 Å². The summed E-state index contributed by atoms with van der Waals surface area (Å²) in [7, 11) is 0. The fourth-order valence-corrected chi connectivity index (χ4v) is 3.36. The molecule has 1 fully saturated rings. The topological polar surface area (TPSA) is 32.3 Å². The smallest absolute Gasteiger partial charge is 0.0584 e. The van der Waals surface area contributed by atoms with Crippen molar-refractivity contribution < 1.29 is 5.11 Å². The molecule has 0 spiro atoms. The molecule has 0 radical (unpaired) electrons. The van der Waals surface area contributed by atoms with Gasteiger partial charge in [0.25, 0.3) is 0 Å². The van der Waals surface area contributed by atoms with Gasteiger partial charge >= 0.3 is 0 Å². The summed E-state index contributed by atoms with van der Waals surface area (Å²) >= 11 is 1.78. The van der Waals surface area contributed by atoms with Crippen molar-refractivity contribution in [2.45, 2.75) is 51.1 Å². The normalized spacial score (nSPS) is 19.4. The molecule has 1 atom stereocenters. The van der Waals surface area contributed by atoms with Crippen molar-refractivity contribution in [1.82, 2.24) is 5.32 Å². The Hall–Kier alpha value is -0.380. The van der Waals surface area contributed by atoms with Gasteiger partial charge in [0.15, 0.2) is 0 Å². The van der Waals surface area contributed by atoms with E-state index in [9.17, 15) is 5.11 Å². The highest BCUT2D eigenvalue weighted by atomic mass is 32.1. The zero-order chi connectivity index (χ0) is 11.9. The van der Waals surface area contributed by atoms with E-state index in [1.165, 1.54) is 37.0 Å². The lowest BCUT2D eigenvalue weighted by atomic mass is 9.85. The molecule has 0 aromatic carbocycles. The van der Waals surface area contributed by atoms with Gasteiger partial charge in [0.2, 0.25) is 0 Å². The lowest BCUT2D eigenvalue weighted by molar-refractivity contribution is 0.203. The van der Waals surface area contributed by atoms with E-state index >= 15 is 0 Å². The van der Waals surface area contributed by atoms with E-state index in [0.29, 0.717) is 0 Å². The van der Waals surface area contributed by atoms with E-state index in [2.05, 4.69) is 22.8 Å². The highest BCUT2D eigenvalue weighted by Gasteiger charge is 2.18. The number of hydrogen-bond acceptors (Lipinski definition) is 3. The first kappa shape index (κ1) is 13.1. The van der Waals surface area contributed by atoms with Crippen LogP contribution in [0, 0.1) is 5.92 Å². The lowest BCUT2D eigenvalue weighted by Crippen LogP contribution is -2.34. The minimum absolute atomic E-state index is 0.266. The summed E-state index contributed by atoms with van der Waals surface area (Å²) in [5, 5.41) is 15.0. The summed E-state index contributed by atoms with van der Waals surface area (Å²) in [6.45, 7) is 1.16. The predicted octanol–water partition coefficient (Wildman–Crippen LogP) is 3.17. The molecule has 2 nitrogen and oxygen atoms in total. The SMILES string of the molecule is OCC(CC1CCCCC1)NCc1cccs1. The van der Waals surface area contributed by atoms with Crippen LogP contribution in [-0.4, -0.2) is 17.8 Å². The molecular formula is C14H23NOS. The second-order valence-corrected chi connectivity index (χ2v) is 6.11. The Balaban J connectivity index is 1.72. The number of aliphatic hydroxyl groups excluding tert-OH is 1. The number of hydrogen-bond donors (Lipinski definition) is 2. The van der Waals surface area contributed by atoms with Crippen LogP contribution in [0.2, 0.25) is 0 Å². The Morgan fingerprint density at radius 2 is 2.18 bits per heavy atom. The van der Waals surface area contributed by atoms with Gasteiger partial charge in [0.05, 0.1) is 6.61 Å². The molecular weight excluding hydrogens is 230 g/mol. The van der Waals surface area contributed by atoms with Crippen molar-refractivity contribution in [2.75, 3.05) is 6.61 Å². The van der Waals surface area contributed by atoms with Crippen molar-refractivity contribution in [1.29, 1.82) is 0 Å². The number of nitrogens with one attached hydrogen (secondary N) is 1. The van der Waals surface area contributed by atoms with Crippen LogP contribution < -0.4 is 5.32 Å². The summed E-state index contributed by atoms with van der Waals surface area (Å²) in [6, 6.07) is 4.50. The Morgan fingerprint density at radius 1 is 1.35 bits per heavy atom. The van der Waals surface area contributed by atoms with Gasteiger partial charge in [-0.2, -0.15) is 0 Å². The molecule has 0 bridgehead atoms. The number of thiophene rings is 1. The molecule has 1 heterocycles. The van der Waals surface area contributed by atoms with Crippen molar-refractivity contribution in [3.05, 3.63) is 22.4 Å². The molecule has 1 saturated carbocycles. The minimum Gasteiger partial charge on any atom is -0.395 e. The fraction of sp³-hybridized carbons (Fsp3) is 0.714. The summed E-state index contributed by atoms with van der Waals surface area (Å²) in [6.07, 6.45) is 8.03. The second-order valence-electron chi connectivity index (χ2n) is 5.08. The highest BCUT2D eigenvalue weighted by Crippen LogP contribution is 2.27. The average Bonchev–Trinajstić information content (AvgIpc) is 2.89. The van der Waals surface area contributed by atoms with Crippen LogP contribution in [0.5, 0.6) is 0 Å². The van der Waals surface area contributed by atoms with E-state index in [0.717, 1.165) is 18.9 Å². The average molecular weight is 253 g/mol. The van der Waals surface area contributed by atoms with Crippen LogP contribution in [0.15, 0.2) is 17.5 Å². The van der Waals surface area contributed by atoms with Gasteiger partial charge in [0, 0.05) is 17.5 Å². The first-order valence-corrected chi connectivity index (χ1v) is 7.63. The van der Waals surface area contributed by atoms with E-state index in [4.69, 9.17) is 0 Å². The first-order chi connectivity index (χ1) is 8.38. The molecule has 17 heavy (non-hydrogen) atoms. The van der Waals surface area contributed by atoms with Crippen LogP contribution in [0.4, 0.5) is 0 Å². The Bertz CT molecular complexity index is 293. The van der Waals surface area contributed by atoms with Crippen LogP contribution in [0.1, 0.15) is 43.4 Å². The van der Waals surface area contributed by atoms with Crippen LogP contribution in [-0.2, 0) is 6.54 Å². The van der Waals surface area contributed by atoms with Crippen molar-refractivity contribution in [3.63, 3.8) is 0 Å². The molecule has 1 aromatic rings. The van der Waals surface area contributed by atoms with Gasteiger partial charge in [-0.3, -0.25) is 0 Å².